The molecule has 0 spiro atoms. The van der Waals surface area contributed by atoms with Crippen LogP contribution in [0.4, 0.5) is 0 Å². The second-order valence-corrected chi connectivity index (χ2v) is 3.62. The number of fused-ring (bicyclic) bond motifs is 1. The number of benzene rings is 1. The lowest BCUT2D eigenvalue weighted by molar-refractivity contribution is 0.0873. The van der Waals surface area contributed by atoms with Crippen LogP contribution in [0.25, 0.3) is 0 Å². The lowest BCUT2D eigenvalue weighted by Crippen LogP contribution is -2.16. The van der Waals surface area contributed by atoms with Crippen LogP contribution in [0.5, 0.6) is 5.75 Å². The van der Waals surface area contributed by atoms with Gasteiger partial charge in [-0.1, -0.05) is 18.2 Å². The monoisotopic (exact) mass is 206 g/mol. The molecule has 1 atom stereocenters. The second kappa shape index (κ2) is 4.47. The van der Waals surface area contributed by atoms with Crippen LogP contribution in [0.15, 0.2) is 36.1 Å². The molecule has 0 aromatic heterocycles. The lowest BCUT2D eigenvalue weighted by Gasteiger charge is -2.19. The van der Waals surface area contributed by atoms with Crippen molar-refractivity contribution in [3.63, 3.8) is 0 Å². The first-order valence-corrected chi connectivity index (χ1v) is 5.03. The summed E-state index contributed by atoms with van der Waals surface area (Å²) in [6.45, 7) is -0.234. The van der Waals surface area contributed by atoms with Crippen LogP contribution >= 0.6 is 0 Å². The van der Waals surface area contributed by atoms with E-state index in [0.717, 1.165) is 23.5 Å². The Morgan fingerprint density at radius 3 is 2.93 bits per heavy atom. The maximum atomic E-state index is 9.29. The highest BCUT2D eigenvalue weighted by Crippen LogP contribution is 2.27. The summed E-state index contributed by atoms with van der Waals surface area (Å²) in [5, 5.41) is 18.0. The fraction of sp³-hybridized carbons (Fsp3) is 0.333. The number of hydrogen-bond acceptors (Lipinski definition) is 3. The summed E-state index contributed by atoms with van der Waals surface area (Å²) in [4.78, 5) is 0. The molecule has 0 saturated carbocycles. The van der Waals surface area contributed by atoms with E-state index in [1.165, 1.54) is 0 Å². The van der Waals surface area contributed by atoms with E-state index in [1.807, 2.05) is 30.3 Å². The van der Waals surface area contributed by atoms with Gasteiger partial charge in [0.1, 0.15) is 11.5 Å². The van der Waals surface area contributed by atoms with Crippen LogP contribution in [0, 0.1) is 0 Å². The zero-order chi connectivity index (χ0) is 10.7. The Bertz CT molecular complexity index is 371. The van der Waals surface area contributed by atoms with E-state index in [1.54, 1.807) is 0 Å². The summed E-state index contributed by atoms with van der Waals surface area (Å²) < 4.78 is 5.59. The Morgan fingerprint density at radius 1 is 1.33 bits per heavy atom. The van der Waals surface area contributed by atoms with E-state index in [2.05, 4.69) is 0 Å². The van der Waals surface area contributed by atoms with Crippen molar-refractivity contribution < 1.29 is 14.9 Å². The molecule has 3 nitrogen and oxygen atoms in total. The normalized spacial score (nSPS) is 16.3. The molecule has 0 amide bonds. The highest BCUT2D eigenvalue weighted by Gasteiger charge is 2.14. The number of ether oxygens (including phenoxy) is 1. The van der Waals surface area contributed by atoms with Crippen LogP contribution < -0.4 is 4.74 Å². The molecule has 80 valence electrons. The van der Waals surface area contributed by atoms with Gasteiger partial charge in [0.05, 0.1) is 12.7 Å². The van der Waals surface area contributed by atoms with Crippen molar-refractivity contribution in [3.05, 3.63) is 41.7 Å². The molecule has 0 radical (unpaired) electrons. The minimum absolute atomic E-state index is 0.234. The summed E-state index contributed by atoms with van der Waals surface area (Å²) in [5.41, 5.74) is 1.15. The topological polar surface area (TPSA) is 49.7 Å². The maximum absolute atomic E-state index is 9.29. The molecule has 2 rings (SSSR count). The first-order chi connectivity index (χ1) is 7.29. The van der Waals surface area contributed by atoms with E-state index in [9.17, 15) is 5.11 Å². The maximum Gasteiger partial charge on any atom is 0.130 e. The van der Waals surface area contributed by atoms with Gasteiger partial charge in [-0.3, -0.25) is 0 Å². The summed E-state index contributed by atoms with van der Waals surface area (Å²) in [5.74, 6) is 1.58. The number of para-hydroxylation sites is 1. The van der Waals surface area contributed by atoms with Gasteiger partial charge in [-0.15, -0.1) is 0 Å². The number of aliphatic hydroxyl groups excluding tert-OH is 2. The van der Waals surface area contributed by atoms with E-state index in [-0.39, 0.29) is 6.61 Å². The average molecular weight is 206 g/mol. The minimum Gasteiger partial charge on any atom is -0.462 e. The van der Waals surface area contributed by atoms with Crippen LogP contribution in [0.3, 0.4) is 0 Å². The fourth-order valence-corrected chi connectivity index (χ4v) is 1.60. The fourth-order valence-electron chi connectivity index (χ4n) is 1.60. The first kappa shape index (κ1) is 10.2. The molecule has 1 aromatic rings. The van der Waals surface area contributed by atoms with Crippen molar-refractivity contribution in [1.29, 1.82) is 0 Å². The van der Waals surface area contributed by atoms with E-state index >= 15 is 0 Å². The van der Waals surface area contributed by atoms with E-state index in [0.29, 0.717) is 6.42 Å². The van der Waals surface area contributed by atoms with Crippen molar-refractivity contribution in [3.8, 4) is 5.75 Å². The van der Waals surface area contributed by atoms with Gasteiger partial charge in [-0.2, -0.15) is 0 Å². The number of hydrogen-bond donors (Lipinski definition) is 2. The van der Waals surface area contributed by atoms with Gasteiger partial charge < -0.3 is 14.9 Å². The quantitative estimate of drug-likeness (QED) is 0.782. The summed E-state index contributed by atoms with van der Waals surface area (Å²) in [7, 11) is 0. The van der Waals surface area contributed by atoms with Crippen molar-refractivity contribution in [2.45, 2.75) is 18.9 Å². The van der Waals surface area contributed by atoms with Gasteiger partial charge >= 0.3 is 0 Å². The average Bonchev–Trinajstić information content (AvgIpc) is 2.29. The van der Waals surface area contributed by atoms with Crippen molar-refractivity contribution in [2.24, 2.45) is 0 Å². The number of allylic oxidation sites excluding steroid dienone is 1. The van der Waals surface area contributed by atoms with Crippen molar-refractivity contribution in [1.82, 2.24) is 0 Å². The molecule has 0 fully saturated rings. The molecule has 1 aliphatic heterocycles. The molecule has 15 heavy (non-hydrogen) atoms. The Kier molecular flexibility index (Phi) is 3.04. The number of rotatable bonds is 3. The number of aliphatic hydroxyl groups is 2. The SMILES string of the molecule is OCC(O)CC1=CCc2ccccc2O1. The Labute approximate surface area is 88.6 Å². The predicted octanol–water partition coefficient (Wildman–Crippen LogP) is 1.25. The van der Waals surface area contributed by atoms with Gasteiger partial charge in [-0.05, 0) is 24.1 Å². The smallest absolute Gasteiger partial charge is 0.130 e. The zero-order valence-corrected chi connectivity index (χ0v) is 8.39. The summed E-state index contributed by atoms with van der Waals surface area (Å²) in [6, 6.07) is 7.83. The Morgan fingerprint density at radius 2 is 2.13 bits per heavy atom. The van der Waals surface area contributed by atoms with Crippen LogP contribution in [0.2, 0.25) is 0 Å². The predicted molar refractivity (Wildman–Crippen MR) is 56.6 cm³/mol. The van der Waals surface area contributed by atoms with Crippen LogP contribution in [-0.2, 0) is 6.42 Å². The minimum atomic E-state index is -0.735. The van der Waals surface area contributed by atoms with Gasteiger partial charge in [0, 0.05) is 6.42 Å². The molecular weight excluding hydrogens is 192 g/mol. The summed E-state index contributed by atoms with van der Waals surface area (Å²) >= 11 is 0. The van der Waals surface area contributed by atoms with Crippen molar-refractivity contribution in [2.75, 3.05) is 6.61 Å². The standard InChI is InChI=1S/C12H14O3/c13-8-10(14)7-11-6-5-9-3-1-2-4-12(9)15-11/h1-4,6,10,13-14H,5,7-8H2. The Balaban J connectivity index is 2.06. The molecule has 0 bridgehead atoms. The van der Waals surface area contributed by atoms with Gasteiger partial charge in [0.2, 0.25) is 0 Å². The third kappa shape index (κ3) is 2.37. The summed E-state index contributed by atoms with van der Waals surface area (Å²) in [6.07, 6.45) is 2.40. The van der Waals surface area contributed by atoms with Gasteiger partial charge in [-0.25, -0.2) is 0 Å². The van der Waals surface area contributed by atoms with Crippen molar-refractivity contribution >= 4 is 0 Å². The highest BCUT2D eigenvalue weighted by molar-refractivity contribution is 5.38. The third-order valence-electron chi connectivity index (χ3n) is 2.41. The zero-order valence-electron chi connectivity index (χ0n) is 8.39. The van der Waals surface area contributed by atoms with E-state index in [4.69, 9.17) is 9.84 Å². The first-order valence-electron chi connectivity index (χ1n) is 5.03. The molecule has 2 N–H and O–H groups in total. The highest BCUT2D eigenvalue weighted by atomic mass is 16.5. The largest absolute Gasteiger partial charge is 0.462 e. The van der Waals surface area contributed by atoms with E-state index < -0.39 is 6.10 Å². The molecule has 1 aliphatic rings. The molecule has 1 unspecified atom stereocenters. The second-order valence-electron chi connectivity index (χ2n) is 3.62. The van der Waals surface area contributed by atoms with Gasteiger partial charge in [0.15, 0.2) is 0 Å². The molecule has 1 heterocycles. The molecule has 0 saturated heterocycles. The molecule has 3 heteroatoms. The lowest BCUT2D eigenvalue weighted by atomic mass is 10.1. The third-order valence-corrected chi connectivity index (χ3v) is 2.41. The molecular formula is C12H14O3. The Hall–Kier alpha value is -1.32. The van der Waals surface area contributed by atoms with Crippen LogP contribution in [-0.4, -0.2) is 22.9 Å². The molecule has 1 aromatic carbocycles. The van der Waals surface area contributed by atoms with Crippen LogP contribution in [0.1, 0.15) is 12.0 Å². The molecule has 0 aliphatic carbocycles. The van der Waals surface area contributed by atoms with Gasteiger partial charge in [0.25, 0.3) is 0 Å².